The van der Waals surface area contributed by atoms with Gasteiger partial charge in [0, 0.05) is 6.42 Å². The van der Waals surface area contributed by atoms with Crippen LogP contribution in [0.5, 0.6) is 0 Å². The summed E-state index contributed by atoms with van der Waals surface area (Å²) in [5.41, 5.74) is 6.28. The molecule has 0 fully saturated rings. The highest BCUT2D eigenvalue weighted by Crippen LogP contribution is 2.06. The Morgan fingerprint density at radius 3 is 2.10 bits per heavy atom. The Labute approximate surface area is 170 Å². The Bertz CT molecular complexity index is 706. The molecular formula is C20H30N4O5. The van der Waals surface area contributed by atoms with Gasteiger partial charge in [0.1, 0.15) is 12.1 Å². The molecule has 0 heterocycles. The van der Waals surface area contributed by atoms with Gasteiger partial charge in [-0.25, -0.2) is 4.79 Å². The number of carboxylic acids is 1. The monoisotopic (exact) mass is 406 g/mol. The van der Waals surface area contributed by atoms with Crippen LogP contribution < -0.4 is 21.7 Å². The molecule has 3 unspecified atom stereocenters. The highest BCUT2D eigenvalue weighted by molar-refractivity contribution is 5.92. The van der Waals surface area contributed by atoms with Gasteiger partial charge in [0.15, 0.2) is 0 Å². The van der Waals surface area contributed by atoms with E-state index in [1.807, 2.05) is 19.9 Å². The first-order valence-corrected chi connectivity index (χ1v) is 9.49. The van der Waals surface area contributed by atoms with Crippen LogP contribution in [-0.2, 0) is 25.6 Å². The first-order valence-electron chi connectivity index (χ1n) is 9.49. The van der Waals surface area contributed by atoms with Gasteiger partial charge in [0.05, 0.1) is 12.6 Å². The Hall–Kier alpha value is -2.94. The van der Waals surface area contributed by atoms with Crippen molar-refractivity contribution in [2.75, 3.05) is 6.54 Å². The third-order valence-electron chi connectivity index (χ3n) is 4.09. The van der Waals surface area contributed by atoms with E-state index < -0.39 is 48.4 Å². The van der Waals surface area contributed by atoms with Gasteiger partial charge < -0.3 is 26.8 Å². The zero-order chi connectivity index (χ0) is 22.0. The number of hydrogen-bond acceptors (Lipinski definition) is 5. The molecule has 9 nitrogen and oxygen atoms in total. The average Bonchev–Trinajstić information content (AvgIpc) is 2.65. The van der Waals surface area contributed by atoms with E-state index in [1.54, 1.807) is 24.3 Å². The van der Waals surface area contributed by atoms with Crippen LogP contribution in [0.4, 0.5) is 0 Å². The van der Waals surface area contributed by atoms with Crippen LogP contribution in [0.2, 0.25) is 0 Å². The predicted molar refractivity (Wildman–Crippen MR) is 108 cm³/mol. The molecule has 1 rings (SSSR count). The molecule has 0 aromatic heterocycles. The van der Waals surface area contributed by atoms with Crippen molar-refractivity contribution in [2.24, 2.45) is 11.7 Å². The number of amides is 3. The number of carbonyl (C=O) groups is 4. The summed E-state index contributed by atoms with van der Waals surface area (Å²) in [6.07, 6.45) is 0.494. The van der Waals surface area contributed by atoms with Crippen molar-refractivity contribution < 1.29 is 24.3 Å². The molecule has 0 bridgehead atoms. The number of aliphatic carboxylic acids is 1. The number of carboxylic acid groups (broad SMARTS) is 1. The molecule has 0 spiro atoms. The van der Waals surface area contributed by atoms with Gasteiger partial charge in [-0.15, -0.1) is 0 Å². The van der Waals surface area contributed by atoms with Crippen LogP contribution in [-0.4, -0.2) is 53.5 Å². The highest BCUT2D eigenvalue weighted by atomic mass is 16.4. The summed E-state index contributed by atoms with van der Waals surface area (Å²) in [5.74, 6) is -2.68. The molecule has 160 valence electrons. The largest absolute Gasteiger partial charge is 0.480 e. The topological polar surface area (TPSA) is 151 Å². The standard InChI is InChI=1S/C20H30N4O5/c1-12(2)9-15(24-18(26)13(3)21)19(27)22-11-17(25)23-16(20(28)29)10-14-7-5-4-6-8-14/h4-8,12-13,15-16H,9-11,21H2,1-3H3,(H,22,27)(H,23,25)(H,24,26)(H,28,29). The van der Waals surface area contributed by atoms with Crippen LogP contribution in [0.1, 0.15) is 32.8 Å². The van der Waals surface area contributed by atoms with E-state index >= 15 is 0 Å². The van der Waals surface area contributed by atoms with Crippen molar-refractivity contribution in [3.05, 3.63) is 35.9 Å². The fraction of sp³-hybridized carbons (Fsp3) is 0.500. The second-order valence-corrected chi connectivity index (χ2v) is 7.35. The molecule has 1 aromatic rings. The zero-order valence-corrected chi connectivity index (χ0v) is 17.0. The van der Waals surface area contributed by atoms with Gasteiger partial charge in [-0.2, -0.15) is 0 Å². The predicted octanol–water partition coefficient (Wildman–Crippen LogP) is -0.207. The lowest BCUT2D eigenvalue weighted by molar-refractivity contribution is -0.141. The molecule has 0 aliphatic heterocycles. The average molecular weight is 406 g/mol. The molecule has 1 aromatic carbocycles. The molecule has 0 saturated carbocycles. The molecule has 6 N–H and O–H groups in total. The maximum Gasteiger partial charge on any atom is 0.326 e. The molecule has 29 heavy (non-hydrogen) atoms. The Morgan fingerprint density at radius 1 is 0.966 bits per heavy atom. The molecule has 0 saturated heterocycles. The second kappa shape index (κ2) is 11.8. The summed E-state index contributed by atoms with van der Waals surface area (Å²) in [6.45, 7) is 4.89. The minimum absolute atomic E-state index is 0.121. The van der Waals surface area contributed by atoms with E-state index in [0.29, 0.717) is 6.42 Å². The van der Waals surface area contributed by atoms with Crippen LogP contribution in [0.25, 0.3) is 0 Å². The zero-order valence-electron chi connectivity index (χ0n) is 17.0. The summed E-state index contributed by atoms with van der Waals surface area (Å²) >= 11 is 0. The summed E-state index contributed by atoms with van der Waals surface area (Å²) < 4.78 is 0. The highest BCUT2D eigenvalue weighted by Gasteiger charge is 2.25. The lowest BCUT2D eigenvalue weighted by atomic mass is 10.0. The maximum atomic E-state index is 12.4. The molecular weight excluding hydrogens is 376 g/mol. The van der Waals surface area contributed by atoms with Crippen molar-refractivity contribution in [3.63, 3.8) is 0 Å². The smallest absolute Gasteiger partial charge is 0.326 e. The molecule has 9 heteroatoms. The minimum atomic E-state index is -1.17. The fourth-order valence-corrected chi connectivity index (χ4v) is 2.59. The summed E-state index contributed by atoms with van der Waals surface area (Å²) in [5, 5.41) is 16.7. The van der Waals surface area contributed by atoms with E-state index in [1.165, 1.54) is 6.92 Å². The summed E-state index contributed by atoms with van der Waals surface area (Å²) in [6, 6.07) is 6.18. The Balaban J connectivity index is 2.63. The number of rotatable bonds is 11. The van der Waals surface area contributed by atoms with E-state index in [2.05, 4.69) is 16.0 Å². The first-order chi connectivity index (χ1) is 13.6. The Kier molecular flexibility index (Phi) is 9.81. The van der Waals surface area contributed by atoms with Crippen LogP contribution in [0.15, 0.2) is 30.3 Å². The summed E-state index contributed by atoms with van der Waals surface area (Å²) in [4.78, 5) is 47.8. The first kappa shape index (κ1) is 24.1. The molecule has 0 aliphatic carbocycles. The van der Waals surface area contributed by atoms with Gasteiger partial charge in [0.25, 0.3) is 0 Å². The lowest BCUT2D eigenvalue weighted by Gasteiger charge is -2.21. The maximum absolute atomic E-state index is 12.4. The number of carbonyl (C=O) groups excluding carboxylic acids is 3. The number of nitrogens with two attached hydrogens (primary N) is 1. The van der Waals surface area contributed by atoms with E-state index in [4.69, 9.17) is 5.73 Å². The van der Waals surface area contributed by atoms with Crippen LogP contribution in [0, 0.1) is 5.92 Å². The van der Waals surface area contributed by atoms with Crippen molar-refractivity contribution in [2.45, 2.75) is 51.7 Å². The van der Waals surface area contributed by atoms with E-state index in [9.17, 15) is 24.3 Å². The van der Waals surface area contributed by atoms with Crippen molar-refractivity contribution in [1.82, 2.24) is 16.0 Å². The third-order valence-corrected chi connectivity index (χ3v) is 4.09. The van der Waals surface area contributed by atoms with Crippen molar-refractivity contribution in [1.29, 1.82) is 0 Å². The molecule has 3 atom stereocenters. The van der Waals surface area contributed by atoms with Gasteiger partial charge in [0.2, 0.25) is 17.7 Å². The number of hydrogen-bond donors (Lipinski definition) is 5. The lowest BCUT2D eigenvalue weighted by Crippen LogP contribution is -2.53. The quantitative estimate of drug-likeness (QED) is 0.343. The molecule has 0 aliphatic rings. The van der Waals surface area contributed by atoms with Gasteiger partial charge in [-0.05, 0) is 24.8 Å². The fourth-order valence-electron chi connectivity index (χ4n) is 2.59. The second-order valence-electron chi connectivity index (χ2n) is 7.35. The van der Waals surface area contributed by atoms with Gasteiger partial charge in [-0.3, -0.25) is 14.4 Å². The van der Waals surface area contributed by atoms with Crippen molar-refractivity contribution in [3.8, 4) is 0 Å². The van der Waals surface area contributed by atoms with E-state index in [0.717, 1.165) is 5.56 Å². The Morgan fingerprint density at radius 2 is 1.59 bits per heavy atom. The minimum Gasteiger partial charge on any atom is -0.480 e. The SMILES string of the molecule is CC(C)CC(NC(=O)C(C)N)C(=O)NCC(=O)NC(Cc1ccccc1)C(=O)O. The molecule has 3 amide bonds. The van der Waals surface area contributed by atoms with Gasteiger partial charge in [-0.1, -0.05) is 44.2 Å². The van der Waals surface area contributed by atoms with Crippen LogP contribution >= 0.6 is 0 Å². The number of benzene rings is 1. The summed E-state index contributed by atoms with van der Waals surface area (Å²) in [7, 11) is 0. The third kappa shape index (κ3) is 9.20. The van der Waals surface area contributed by atoms with Crippen molar-refractivity contribution >= 4 is 23.7 Å². The molecule has 0 radical (unpaired) electrons. The van der Waals surface area contributed by atoms with Crippen LogP contribution in [0.3, 0.4) is 0 Å². The van der Waals surface area contributed by atoms with E-state index in [-0.39, 0.29) is 12.3 Å². The normalized spacial score (nSPS) is 13.8. The van der Waals surface area contributed by atoms with Gasteiger partial charge >= 0.3 is 5.97 Å². The number of nitrogens with one attached hydrogen (secondary N) is 3.